The molecule has 1 aliphatic carbocycles. The Morgan fingerprint density at radius 3 is 1.85 bits per heavy atom. The minimum Gasteiger partial charge on any atom is -0.463 e. The lowest BCUT2D eigenvalue weighted by molar-refractivity contribution is -0.145. The lowest BCUT2D eigenvalue weighted by Crippen LogP contribution is -2.20. The van der Waals surface area contributed by atoms with Gasteiger partial charge in [-0.3, -0.25) is 0 Å². The van der Waals surface area contributed by atoms with Crippen LogP contribution in [0.3, 0.4) is 0 Å². The summed E-state index contributed by atoms with van der Waals surface area (Å²) in [6, 6.07) is 0. The lowest BCUT2D eigenvalue weighted by atomic mass is 9.98. The predicted octanol–water partition coefficient (Wildman–Crippen LogP) is 3.56. The van der Waals surface area contributed by atoms with Crippen LogP contribution in [0.4, 0.5) is 0 Å². The predicted molar refractivity (Wildman–Crippen MR) is 79.2 cm³/mol. The number of hydrogen-bond acceptors (Lipinski definition) is 4. The van der Waals surface area contributed by atoms with E-state index >= 15 is 0 Å². The Labute approximate surface area is 121 Å². The van der Waals surface area contributed by atoms with Crippen molar-refractivity contribution in [2.24, 2.45) is 0 Å². The molecular weight excluding hydrogens is 256 g/mol. The summed E-state index contributed by atoms with van der Waals surface area (Å²) in [5.41, 5.74) is 0.951. The first-order chi connectivity index (χ1) is 9.38. The van der Waals surface area contributed by atoms with Gasteiger partial charge in [0.05, 0.1) is 6.61 Å². The molecule has 114 valence electrons. The van der Waals surface area contributed by atoms with Crippen molar-refractivity contribution >= 4 is 11.9 Å². The summed E-state index contributed by atoms with van der Waals surface area (Å²) < 4.78 is 9.78. The van der Waals surface area contributed by atoms with E-state index in [4.69, 9.17) is 4.74 Å². The Hall–Kier alpha value is -1.58. The van der Waals surface area contributed by atoms with Crippen molar-refractivity contribution in [1.82, 2.24) is 0 Å². The smallest absolute Gasteiger partial charge is 0.333 e. The highest BCUT2D eigenvalue weighted by Gasteiger charge is 2.17. The largest absolute Gasteiger partial charge is 0.463 e. The highest BCUT2D eigenvalue weighted by molar-refractivity contribution is 5.87. The van der Waals surface area contributed by atoms with Gasteiger partial charge in [-0.05, 0) is 46.5 Å². The van der Waals surface area contributed by atoms with Crippen LogP contribution in [0.25, 0.3) is 0 Å². The first-order valence-corrected chi connectivity index (χ1v) is 7.07. The Balaban J connectivity index is 0.000000396. The first-order valence-electron chi connectivity index (χ1n) is 7.07. The van der Waals surface area contributed by atoms with Crippen LogP contribution < -0.4 is 0 Å². The second kappa shape index (κ2) is 10.2. The van der Waals surface area contributed by atoms with Crippen LogP contribution in [0, 0.1) is 0 Å². The fourth-order valence-electron chi connectivity index (χ4n) is 1.69. The van der Waals surface area contributed by atoms with Gasteiger partial charge in [0, 0.05) is 11.1 Å². The molecule has 0 unspecified atom stereocenters. The summed E-state index contributed by atoms with van der Waals surface area (Å²) in [6.07, 6.45) is 5.87. The molecule has 4 heteroatoms. The number of hydrogen-bond donors (Lipinski definition) is 0. The quantitative estimate of drug-likeness (QED) is 0.584. The minimum absolute atomic E-state index is 0.156. The molecular formula is C16H26O4. The average Bonchev–Trinajstić information content (AvgIpc) is 2.40. The molecule has 0 radical (unpaired) electrons. The summed E-state index contributed by atoms with van der Waals surface area (Å²) in [4.78, 5) is 21.5. The van der Waals surface area contributed by atoms with Gasteiger partial charge >= 0.3 is 11.9 Å². The van der Waals surface area contributed by atoms with Crippen molar-refractivity contribution in [2.45, 2.75) is 59.0 Å². The molecule has 0 heterocycles. The molecule has 1 aliphatic rings. The molecule has 20 heavy (non-hydrogen) atoms. The molecule has 0 aromatic rings. The molecule has 0 aliphatic heterocycles. The molecule has 0 bridgehead atoms. The zero-order chi connectivity index (χ0) is 15.5. The molecule has 1 saturated carbocycles. The zero-order valence-electron chi connectivity index (χ0n) is 12.9. The van der Waals surface area contributed by atoms with Gasteiger partial charge in [-0.15, -0.1) is 0 Å². The molecule has 0 atom stereocenters. The summed E-state index contributed by atoms with van der Waals surface area (Å²) in [6.45, 7) is 12.4. The maximum absolute atomic E-state index is 11.1. The van der Waals surface area contributed by atoms with E-state index in [0.717, 1.165) is 12.8 Å². The Morgan fingerprint density at radius 2 is 1.50 bits per heavy atom. The van der Waals surface area contributed by atoms with E-state index in [9.17, 15) is 9.59 Å². The number of rotatable bonds is 4. The second-order valence-electron chi connectivity index (χ2n) is 4.95. The molecule has 0 amide bonds. The number of carbonyl (C=O) groups excluding carboxylic acids is 2. The van der Waals surface area contributed by atoms with Crippen LogP contribution in [0.2, 0.25) is 0 Å². The lowest BCUT2D eigenvalue weighted by Gasteiger charge is -2.21. The number of ether oxygens (including phenoxy) is 2. The zero-order valence-corrected chi connectivity index (χ0v) is 12.9. The van der Waals surface area contributed by atoms with Crippen molar-refractivity contribution in [3.63, 3.8) is 0 Å². The van der Waals surface area contributed by atoms with Crippen LogP contribution in [-0.2, 0) is 19.1 Å². The van der Waals surface area contributed by atoms with Gasteiger partial charge in [-0.25, -0.2) is 9.59 Å². The van der Waals surface area contributed by atoms with Crippen LogP contribution in [0.5, 0.6) is 0 Å². The van der Waals surface area contributed by atoms with Crippen LogP contribution >= 0.6 is 0 Å². The topological polar surface area (TPSA) is 52.6 Å². The van der Waals surface area contributed by atoms with Crippen molar-refractivity contribution in [1.29, 1.82) is 0 Å². The summed E-state index contributed by atoms with van der Waals surface area (Å²) in [5.74, 6) is -0.547. The maximum atomic E-state index is 11.1. The van der Waals surface area contributed by atoms with E-state index in [0.29, 0.717) is 17.8 Å². The van der Waals surface area contributed by atoms with Crippen LogP contribution in [0.15, 0.2) is 24.3 Å². The van der Waals surface area contributed by atoms with Gasteiger partial charge in [-0.1, -0.05) is 19.6 Å². The van der Waals surface area contributed by atoms with E-state index in [1.54, 1.807) is 20.8 Å². The Kier molecular flexibility index (Phi) is 9.43. The summed E-state index contributed by atoms with van der Waals surface area (Å²) in [5, 5.41) is 0. The fourth-order valence-corrected chi connectivity index (χ4v) is 1.69. The van der Waals surface area contributed by atoms with Gasteiger partial charge in [0.1, 0.15) is 6.10 Å². The average molecular weight is 282 g/mol. The molecule has 0 aromatic carbocycles. The van der Waals surface area contributed by atoms with E-state index in [2.05, 4.69) is 17.9 Å². The Bertz CT molecular complexity index is 351. The minimum atomic E-state index is -0.312. The third-order valence-corrected chi connectivity index (χ3v) is 2.80. The fraction of sp³-hybridized carbons (Fsp3) is 0.625. The first kappa shape index (κ1) is 18.4. The summed E-state index contributed by atoms with van der Waals surface area (Å²) in [7, 11) is 0. The SMILES string of the molecule is C=C(C)C(=O)OC1CCCCC1.C=C(C)C(=O)OCC. The van der Waals surface area contributed by atoms with Gasteiger partial charge in [0.15, 0.2) is 0 Å². The molecule has 1 fully saturated rings. The number of carbonyl (C=O) groups is 2. The van der Waals surface area contributed by atoms with E-state index in [-0.39, 0.29) is 18.0 Å². The van der Waals surface area contributed by atoms with Crippen molar-refractivity contribution < 1.29 is 19.1 Å². The van der Waals surface area contributed by atoms with E-state index in [1.807, 2.05) is 0 Å². The molecule has 0 aromatic heterocycles. The van der Waals surface area contributed by atoms with Gasteiger partial charge in [-0.2, -0.15) is 0 Å². The molecule has 0 saturated heterocycles. The van der Waals surface area contributed by atoms with Gasteiger partial charge < -0.3 is 9.47 Å². The Morgan fingerprint density at radius 1 is 1.00 bits per heavy atom. The summed E-state index contributed by atoms with van der Waals surface area (Å²) >= 11 is 0. The van der Waals surface area contributed by atoms with E-state index in [1.165, 1.54) is 19.3 Å². The van der Waals surface area contributed by atoms with Crippen molar-refractivity contribution in [2.75, 3.05) is 6.61 Å². The van der Waals surface area contributed by atoms with Crippen molar-refractivity contribution in [3.8, 4) is 0 Å². The monoisotopic (exact) mass is 282 g/mol. The third kappa shape index (κ3) is 8.51. The normalized spacial score (nSPS) is 14.6. The van der Waals surface area contributed by atoms with Gasteiger partial charge in [0.2, 0.25) is 0 Å². The highest BCUT2D eigenvalue weighted by Crippen LogP contribution is 2.20. The molecule has 1 rings (SSSR count). The van der Waals surface area contributed by atoms with Crippen molar-refractivity contribution in [3.05, 3.63) is 24.3 Å². The number of esters is 2. The van der Waals surface area contributed by atoms with E-state index < -0.39 is 0 Å². The standard InChI is InChI=1S/C10H16O2.C6H10O2/c1-8(2)10(11)12-9-6-4-3-5-7-9;1-4-8-6(7)5(2)3/h9H,1,3-7H2,2H3;2,4H2,1,3H3. The van der Waals surface area contributed by atoms with Crippen LogP contribution in [-0.4, -0.2) is 24.6 Å². The third-order valence-electron chi connectivity index (χ3n) is 2.80. The second-order valence-corrected chi connectivity index (χ2v) is 4.95. The molecule has 0 spiro atoms. The maximum Gasteiger partial charge on any atom is 0.333 e. The van der Waals surface area contributed by atoms with Gasteiger partial charge in [0.25, 0.3) is 0 Å². The molecule has 4 nitrogen and oxygen atoms in total. The highest BCUT2D eigenvalue weighted by atomic mass is 16.5. The van der Waals surface area contributed by atoms with Crippen LogP contribution in [0.1, 0.15) is 52.9 Å². The molecule has 0 N–H and O–H groups in total.